The van der Waals surface area contributed by atoms with Crippen molar-refractivity contribution in [3.8, 4) is 16.9 Å². The molecule has 3 nitrogen and oxygen atoms in total. The number of fused-ring (bicyclic) bond motifs is 2. The number of hydrogen-bond acceptors (Lipinski definition) is 3. The largest absolute Gasteiger partial charge is 0.513 e. The Morgan fingerprint density at radius 2 is 1.67 bits per heavy atom. The van der Waals surface area contributed by atoms with Gasteiger partial charge in [-0.3, -0.25) is 0 Å². The van der Waals surface area contributed by atoms with Crippen molar-refractivity contribution in [2.24, 2.45) is 0 Å². The van der Waals surface area contributed by atoms with Gasteiger partial charge in [0.15, 0.2) is 5.75 Å². The lowest BCUT2D eigenvalue weighted by Crippen LogP contribution is -2.08. The van der Waals surface area contributed by atoms with Gasteiger partial charge < -0.3 is 9.47 Å². The van der Waals surface area contributed by atoms with E-state index in [9.17, 15) is 9.18 Å². The number of carbonyl (C=O) groups excluding carboxylic acids is 1. The van der Waals surface area contributed by atoms with Crippen molar-refractivity contribution in [3.63, 3.8) is 0 Å². The molecule has 0 spiro atoms. The molecule has 27 heavy (non-hydrogen) atoms. The molecule has 0 aliphatic carbocycles. The lowest BCUT2D eigenvalue weighted by Gasteiger charge is -2.17. The zero-order valence-electron chi connectivity index (χ0n) is 15.0. The summed E-state index contributed by atoms with van der Waals surface area (Å²) < 4.78 is 24.9. The van der Waals surface area contributed by atoms with Crippen LogP contribution in [-0.4, -0.2) is 13.3 Å². The third-order valence-corrected chi connectivity index (χ3v) is 4.68. The quantitative estimate of drug-likeness (QED) is 0.241. The van der Waals surface area contributed by atoms with Crippen molar-refractivity contribution in [2.45, 2.75) is 6.92 Å². The zero-order chi connectivity index (χ0) is 19.0. The van der Waals surface area contributed by atoms with Crippen LogP contribution in [0.4, 0.5) is 9.18 Å². The van der Waals surface area contributed by atoms with E-state index in [0.717, 1.165) is 21.7 Å². The van der Waals surface area contributed by atoms with Crippen LogP contribution in [0.1, 0.15) is 5.56 Å². The molecule has 4 rings (SSSR count). The van der Waals surface area contributed by atoms with Crippen molar-refractivity contribution >= 4 is 27.7 Å². The van der Waals surface area contributed by atoms with Crippen LogP contribution in [0.15, 0.2) is 66.7 Å². The van der Waals surface area contributed by atoms with Crippen molar-refractivity contribution in [1.29, 1.82) is 0 Å². The first-order valence-corrected chi connectivity index (χ1v) is 8.56. The maximum absolute atomic E-state index is 14.6. The Kier molecular flexibility index (Phi) is 4.24. The van der Waals surface area contributed by atoms with Gasteiger partial charge in [0.2, 0.25) is 0 Å². The average molecular weight is 360 g/mol. The number of carbonyl (C=O) groups is 1. The molecule has 0 aromatic heterocycles. The van der Waals surface area contributed by atoms with E-state index in [-0.39, 0.29) is 5.82 Å². The molecule has 0 bridgehead atoms. The Balaban J connectivity index is 2.18. The minimum atomic E-state index is -0.811. The van der Waals surface area contributed by atoms with Gasteiger partial charge in [-0.1, -0.05) is 54.6 Å². The van der Waals surface area contributed by atoms with Crippen LogP contribution >= 0.6 is 0 Å². The number of rotatable bonds is 2. The van der Waals surface area contributed by atoms with Gasteiger partial charge >= 0.3 is 6.16 Å². The third-order valence-electron chi connectivity index (χ3n) is 4.68. The molecule has 0 saturated carbocycles. The van der Waals surface area contributed by atoms with E-state index < -0.39 is 6.16 Å². The van der Waals surface area contributed by atoms with Crippen LogP contribution in [0.25, 0.3) is 32.7 Å². The van der Waals surface area contributed by atoms with Gasteiger partial charge in [0, 0.05) is 16.3 Å². The fraction of sp³-hybridized carbons (Fsp3) is 0.0870. The second kappa shape index (κ2) is 6.72. The van der Waals surface area contributed by atoms with Crippen LogP contribution in [0.3, 0.4) is 0 Å². The standard InChI is InChI=1S/C23H17FO3/c1-14-11-12-16-13-15-7-3-4-8-17(15)22(27-23(25)26-2)21(16)20(14)18-9-5-6-10-19(18)24/h3-13H,1-2H3. The van der Waals surface area contributed by atoms with Crippen molar-refractivity contribution in [1.82, 2.24) is 0 Å². The highest BCUT2D eigenvalue weighted by atomic mass is 19.1. The first-order chi connectivity index (χ1) is 13.1. The molecular formula is C23H17FO3. The minimum Gasteiger partial charge on any atom is -0.437 e. The topological polar surface area (TPSA) is 35.5 Å². The van der Waals surface area contributed by atoms with Gasteiger partial charge in [0.05, 0.1) is 7.11 Å². The number of hydrogen-bond donors (Lipinski definition) is 0. The molecule has 0 fully saturated rings. The molecule has 0 atom stereocenters. The van der Waals surface area contributed by atoms with Crippen LogP contribution in [0.5, 0.6) is 5.75 Å². The third kappa shape index (κ3) is 2.89. The summed E-state index contributed by atoms with van der Waals surface area (Å²) >= 11 is 0. The maximum atomic E-state index is 14.6. The van der Waals surface area contributed by atoms with Crippen LogP contribution in [0, 0.1) is 12.7 Å². The molecule has 0 heterocycles. The second-order valence-corrected chi connectivity index (χ2v) is 6.32. The summed E-state index contributed by atoms with van der Waals surface area (Å²) in [7, 11) is 1.26. The highest BCUT2D eigenvalue weighted by Gasteiger charge is 2.19. The molecule has 4 aromatic rings. The summed E-state index contributed by atoms with van der Waals surface area (Å²) in [6, 6.07) is 20.1. The van der Waals surface area contributed by atoms with E-state index in [4.69, 9.17) is 9.47 Å². The van der Waals surface area contributed by atoms with E-state index in [1.54, 1.807) is 18.2 Å². The van der Waals surface area contributed by atoms with E-state index in [0.29, 0.717) is 22.3 Å². The van der Waals surface area contributed by atoms with Gasteiger partial charge in [0.1, 0.15) is 5.82 Å². The van der Waals surface area contributed by atoms with Crippen molar-refractivity contribution in [3.05, 3.63) is 78.1 Å². The van der Waals surface area contributed by atoms with Gasteiger partial charge in [0.25, 0.3) is 0 Å². The smallest absolute Gasteiger partial charge is 0.437 e. The van der Waals surface area contributed by atoms with Gasteiger partial charge in [-0.2, -0.15) is 0 Å². The number of ether oxygens (including phenoxy) is 2. The molecular weight excluding hydrogens is 343 g/mol. The Morgan fingerprint density at radius 1 is 0.926 bits per heavy atom. The molecule has 0 saturated heterocycles. The van der Waals surface area contributed by atoms with Gasteiger partial charge in [-0.05, 0) is 41.0 Å². The lowest BCUT2D eigenvalue weighted by molar-refractivity contribution is 0.122. The molecule has 0 aliphatic rings. The lowest BCUT2D eigenvalue weighted by atomic mass is 9.91. The molecule has 0 unspecified atom stereocenters. The molecule has 0 amide bonds. The summed E-state index contributed by atoms with van der Waals surface area (Å²) in [6.07, 6.45) is -0.811. The number of methoxy groups -OCH3 is 1. The summed E-state index contributed by atoms with van der Waals surface area (Å²) in [4.78, 5) is 11.9. The van der Waals surface area contributed by atoms with Crippen molar-refractivity contribution in [2.75, 3.05) is 7.11 Å². The Hall–Kier alpha value is -3.40. The average Bonchev–Trinajstić information content (AvgIpc) is 2.68. The monoisotopic (exact) mass is 360 g/mol. The highest BCUT2D eigenvalue weighted by molar-refractivity contribution is 6.12. The number of aryl methyl sites for hydroxylation is 1. The highest BCUT2D eigenvalue weighted by Crippen LogP contribution is 2.43. The normalized spacial score (nSPS) is 10.9. The predicted octanol–water partition coefficient (Wildman–Crippen LogP) is 6.25. The first-order valence-electron chi connectivity index (χ1n) is 8.56. The molecule has 0 aliphatic heterocycles. The Morgan fingerprint density at radius 3 is 2.44 bits per heavy atom. The molecule has 134 valence electrons. The summed E-state index contributed by atoms with van der Waals surface area (Å²) in [5.41, 5.74) is 2.05. The summed E-state index contributed by atoms with van der Waals surface area (Å²) in [5, 5.41) is 3.23. The second-order valence-electron chi connectivity index (χ2n) is 6.32. The molecule has 0 N–H and O–H groups in total. The predicted molar refractivity (Wildman–Crippen MR) is 105 cm³/mol. The van der Waals surface area contributed by atoms with Crippen molar-refractivity contribution < 1.29 is 18.7 Å². The van der Waals surface area contributed by atoms with E-state index in [1.807, 2.05) is 49.4 Å². The van der Waals surface area contributed by atoms with E-state index in [2.05, 4.69) is 0 Å². The van der Waals surface area contributed by atoms with E-state index in [1.165, 1.54) is 13.2 Å². The molecule has 0 radical (unpaired) electrons. The Labute approximate surface area is 156 Å². The van der Waals surface area contributed by atoms with E-state index >= 15 is 0 Å². The van der Waals surface area contributed by atoms with Crippen LogP contribution in [0.2, 0.25) is 0 Å². The van der Waals surface area contributed by atoms with Gasteiger partial charge in [-0.15, -0.1) is 0 Å². The first kappa shape index (κ1) is 17.0. The van der Waals surface area contributed by atoms with Crippen LogP contribution in [-0.2, 0) is 4.74 Å². The van der Waals surface area contributed by atoms with Gasteiger partial charge in [-0.25, -0.2) is 9.18 Å². The Bertz CT molecular complexity index is 1180. The van der Waals surface area contributed by atoms with Crippen LogP contribution < -0.4 is 4.74 Å². The molecule has 4 aromatic carbocycles. The number of halogens is 1. The fourth-order valence-corrected chi connectivity index (χ4v) is 3.46. The SMILES string of the molecule is COC(=O)Oc1c2ccccc2cc2ccc(C)c(-c3ccccc3F)c12. The minimum absolute atomic E-state index is 0.328. The molecule has 4 heteroatoms. The fourth-order valence-electron chi connectivity index (χ4n) is 3.46. The number of benzene rings is 4. The summed E-state index contributed by atoms with van der Waals surface area (Å²) in [5.74, 6) is 0.0437. The zero-order valence-corrected chi connectivity index (χ0v) is 15.0. The maximum Gasteiger partial charge on any atom is 0.513 e. The summed E-state index contributed by atoms with van der Waals surface area (Å²) in [6.45, 7) is 1.92.